The number of aromatic nitrogens is 1. The molecule has 4 nitrogen and oxygen atoms in total. The molecule has 0 fully saturated rings. The van der Waals surface area contributed by atoms with Crippen molar-refractivity contribution in [1.29, 1.82) is 0 Å². The van der Waals surface area contributed by atoms with E-state index >= 15 is 0 Å². The van der Waals surface area contributed by atoms with Crippen LogP contribution in [0, 0.1) is 0 Å². The SMILES string of the molecule is C=C1/C=C\C=C/N(c2cccc(CNC(/C=C(\N)c3ccccc3)c3ccccc3)c2)/C=C\C(c2ccc3c(c2)c2ccccc2n3-c2ccccc2)=C/C1=C. The summed E-state index contributed by atoms with van der Waals surface area (Å²) in [5, 5.41) is 6.16. The van der Waals surface area contributed by atoms with Crippen LogP contribution < -0.4 is 16.0 Å². The molecule has 2 heterocycles. The highest BCUT2D eigenvalue weighted by atomic mass is 15.1. The van der Waals surface area contributed by atoms with Gasteiger partial charge in [-0.2, -0.15) is 0 Å². The largest absolute Gasteiger partial charge is 0.398 e. The van der Waals surface area contributed by atoms with Crippen LogP contribution in [-0.4, -0.2) is 4.57 Å². The molecular formula is C52H44N4. The van der Waals surface area contributed by atoms with Gasteiger partial charge in [0.15, 0.2) is 0 Å². The first-order valence-electron chi connectivity index (χ1n) is 18.9. The Morgan fingerprint density at radius 2 is 1.32 bits per heavy atom. The molecule has 1 aliphatic heterocycles. The van der Waals surface area contributed by atoms with Crippen molar-refractivity contribution in [3.8, 4) is 5.69 Å². The van der Waals surface area contributed by atoms with Gasteiger partial charge in [0.1, 0.15) is 0 Å². The van der Waals surface area contributed by atoms with E-state index in [0.29, 0.717) is 6.54 Å². The van der Waals surface area contributed by atoms with Gasteiger partial charge in [-0.1, -0.05) is 141 Å². The maximum Gasteiger partial charge on any atom is 0.0541 e. The van der Waals surface area contributed by atoms with Crippen molar-refractivity contribution >= 4 is 38.8 Å². The highest BCUT2D eigenvalue weighted by molar-refractivity contribution is 6.10. The third kappa shape index (κ3) is 7.88. The molecule has 0 saturated heterocycles. The lowest BCUT2D eigenvalue weighted by atomic mass is 9.98. The van der Waals surface area contributed by atoms with Gasteiger partial charge in [-0.3, -0.25) is 0 Å². The number of nitrogens with one attached hydrogen (secondary N) is 1. The van der Waals surface area contributed by atoms with E-state index in [1.165, 1.54) is 16.3 Å². The molecule has 0 saturated carbocycles. The molecule has 272 valence electrons. The van der Waals surface area contributed by atoms with Crippen LogP contribution in [0.2, 0.25) is 0 Å². The minimum atomic E-state index is -0.0735. The van der Waals surface area contributed by atoms with Crippen LogP contribution in [-0.2, 0) is 6.54 Å². The van der Waals surface area contributed by atoms with Gasteiger partial charge in [-0.05, 0) is 106 Å². The molecule has 0 spiro atoms. The molecule has 1 atom stereocenters. The second-order valence-electron chi connectivity index (χ2n) is 13.9. The number of hydrogen-bond acceptors (Lipinski definition) is 3. The zero-order valence-corrected chi connectivity index (χ0v) is 31.3. The van der Waals surface area contributed by atoms with E-state index in [-0.39, 0.29) is 6.04 Å². The van der Waals surface area contributed by atoms with Crippen molar-refractivity contribution in [3.63, 3.8) is 0 Å². The van der Waals surface area contributed by atoms with Crippen LogP contribution in [0.3, 0.4) is 0 Å². The first kappa shape index (κ1) is 35.9. The molecule has 0 radical (unpaired) electrons. The molecule has 6 aromatic carbocycles. The van der Waals surface area contributed by atoms with Crippen LogP contribution in [0.4, 0.5) is 5.69 Å². The standard InChI is InChI=1S/C52H44N4/c1-38-17-14-15-31-55(46-25-16-18-40(34-46)37-54-50(42-21-8-4-9-22-42)36-49(53)41-19-6-3-7-20-41)32-30-44(33-39(38)2)43-28-29-52-48(35-43)47-26-12-13-27-51(47)56(52)45-23-10-5-11-24-45/h3-36,50,54H,1-2,37,53H2/b17-14-,31-15-,32-30-,44-33+,49-36-. The van der Waals surface area contributed by atoms with Crippen molar-refractivity contribution in [2.75, 3.05) is 4.90 Å². The van der Waals surface area contributed by atoms with Crippen LogP contribution in [0.1, 0.15) is 28.3 Å². The summed E-state index contributed by atoms with van der Waals surface area (Å²) in [6, 6.07) is 55.0. The molecule has 56 heavy (non-hydrogen) atoms. The van der Waals surface area contributed by atoms with Gasteiger partial charge < -0.3 is 20.5 Å². The number of hydrogen-bond donors (Lipinski definition) is 2. The summed E-state index contributed by atoms with van der Waals surface area (Å²) in [7, 11) is 0. The topological polar surface area (TPSA) is 46.2 Å². The molecule has 0 aliphatic carbocycles. The van der Waals surface area contributed by atoms with Gasteiger partial charge in [0.05, 0.1) is 17.1 Å². The highest BCUT2D eigenvalue weighted by Crippen LogP contribution is 2.35. The summed E-state index contributed by atoms with van der Waals surface area (Å²) in [5.41, 5.74) is 19.0. The second-order valence-corrected chi connectivity index (χ2v) is 13.9. The zero-order valence-electron chi connectivity index (χ0n) is 31.3. The zero-order chi connectivity index (χ0) is 38.3. The van der Waals surface area contributed by atoms with Gasteiger partial charge in [0, 0.05) is 46.8 Å². The van der Waals surface area contributed by atoms with E-state index in [1.54, 1.807) is 0 Å². The molecule has 1 aliphatic rings. The van der Waals surface area contributed by atoms with Crippen LogP contribution >= 0.6 is 0 Å². The second kappa shape index (κ2) is 16.5. The van der Waals surface area contributed by atoms with E-state index in [2.05, 4.69) is 180 Å². The Bertz CT molecular complexity index is 2670. The molecular weight excluding hydrogens is 681 g/mol. The first-order chi connectivity index (χ1) is 27.5. The number of para-hydroxylation sites is 2. The summed E-state index contributed by atoms with van der Waals surface area (Å²) in [6.07, 6.45) is 16.6. The predicted molar refractivity (Wildman–Crippen MR) is 238 cm³/mol. The number of anilines is 1. The fourth-order valence-electron chi connectivity index (χ4n) is 7.21. The molecule has 1 aromatic heterocycles. The number of allylic oxidation sites excluding steroid dienone is 8. The van der Waals surface area contributed by atoms with Gasteiger partial charge in [0.2, 0.25) is 0 Å². The van der Waals surface area contributed by atoms with Crippen LogP contribution in [0.15, 0.2) is 231 Å². The van der Waals surface area contributed by atoms with E-state index < -0.39 is 0 Å². The molecule has 4 heteroatoms. The average molecular weight is 725 g/mol. The average Bonchev–Trinajstić information content (AvgIpc) is 3.57. The van der Waals surface area contributed by atoms with Gasteiger partial charge in [-0.15, -0.1) is 0 Å². The quantitative estimate of drug-likeness (QED) is 0.156. The number of fused-ring (bicyclic) bond motifs is 3. The van der Waals surface area contributed by atoms with Gasteiger partial charge in [-0.25, -0.2) is 0 Å². The summed E-state index contributed by atoms with van der Waals surface area (Å²) >= 11 is 0. The van der Waals surface area contributed by atoms with E-state index in [4.69, 9.17) is 5.73 Å². The Kier molecular flexibility index (Phi) is 10.6. The molecule has 7 aromatic rings. The molecule has 3 N–H and O–H groups in total. The Balaban J connectivity index is 1.12. The lowest BCUT2D eigenvalue weighted by molar-refractivity contribution is 0.621. The number of nitrogens with two attached hydrogens (primary N) is 1. The van der Waals surface area contributed by atoms with E-state index in [1.807, 2.05) is 54.6 Å². The third-order valence-corrected chi connectivity index (χ3v) is 10.2. The molecule has 0 bridgehead atoms. The first-order valence-corrected chi connectivity index (χ1v) is 18.9. The summed E-state index contributed by atoms with van der Waals surface area (Å²) < 4.78 is 2.34. The highest BCUT2D eigenvalue weighted by Gasteiger charge is 2.15. The normalized spacial score (nSPS) is 16.9. The Morgan fingerprint density at radius 1 is 0.625 bits per heavy atom. The summed E-state index contributed by atoms with van der Waals surface area (Å²) in [4.78, 5) is 2.15. The number of rotatable bonds is 9. The maximum absolute atomic E-state index is 6.61. The van der Waals surface area contributed by atoms with Crippen LogP contribution in [0.25, 0.3) is 38.8 Å². The monoisotopic (exact) mass is 724 g/mol. The van der Waals surface area contributed by atoms with Gasteiger partial charge in [0.25, 0.3) is 0 Å². The van der Waals surface area contributed by atoms with Crippen molar-refractivity contribution in [2.45, 2.75) is 12.6 Å². The minimum Gasteiger partial charge on any atom is -0.398 e. The van der Waals surface area contributed by atoms with E-state index in [9.17, 15) is 0 Å². The summed E-state index contributed by atoms with van der Waals surface area (Å²) in [5.74, 6) is 0. The van der Waals surface area contributed by atoms with Gasteiger partial charge >= 0.3 is 0 Å². The Morgan fingerprint density at radius 3 is 2.12 bits per heavy atom. The lowest BCUT2D eigenvalue weighted by Gasteiger charge is -2.20. The van der Waals surface area contributed by atoms with Crippen molar-refractivity contribution < 1.29 is 0 Å². The Hall–Kier alpha value is -7.14. The van der Waals surface area contributed by atoms with Crippen molar-refractivity contribution in [3.05, 3.63) is 253 Å². The van der Waals surface area contributed by atoms with Crippen molar-refractivity contribution in [2.24, 2.45) is 5.73 Å². The van der Waals surface area contributed by atoms with E-state index in [0.717, 1.165) is 61.6 Å². The number of nitrogens with zero attached hydrogens (tertiary/aromatic N) is 2. The molecule has 8 rings (SSSR count). The van der Waals surface area contributed by atoms with Crippen LogP contribution in [0.5, 0.6) is 0 Å². The molecule has 0 amide bonds. The summed E-state index contributed by atoms with van der Waals surface area (Å²) in [6.45, 7) is 9.35. The smallest absolute Gasteiger partial charge is 0.0541 e. The Labute approximate surface area is 329 Å². The van der Waals surface area contributed by atoms with Crippen molar-refractivity contribution in [1.82, 2.24) is 9.88 Å². The minimum absolute atomic E-state index is 0.0735. The lowest BCUT2D eigenvalue weighted by Crippen LogP contribution is -2.20. The third-order valence-electron chi connectivity index (χ3n) is 10.2. The fraction of sp³-hybridized carbons (Fsp3) is 0.0385. The fourth-order valence-corrected chi connectivity index (χ4v) is 7.21. The number of benzene rings is 6. The predicted octanol–water partition coefficient (Wildman–Crippen LogP) is 12.2. The maximum atomic E-state index is 6.61. The molecule has 1 unspecified atom stereocenters.